The van der Waals surface area contributed by atoms with Crippen LogP contribution in [0.5, 0.6) is 0 Å². The number of nitrogens with zero attached hydrogens (tertiary/aromatic N) is 1. The van der Waals surface area contributed by atoms with Crippen LogP contribution in [0.25, 0.3) is 0 Å². The number of hydrogen-bond acceptors (Lipinski definition) is 2. The average Bonchev–Trinajstić information content (AvgIpc) is 2.39. The van der Waals surface area contributed by atoms with E-state index in [1.807, 2.05) is 25.1 Å². The Bertz CT molecular complexity index is 414. The highest BCUT2D eigenvalue weighted by Gasteiger charge is 2.45. The first-order chi connectivity index (χ1) is 8.61. The molecule has 2 nitrogen and oxygen atoms in total. The van der Waals surface area contributed by atoms with Crippen LogP contribution in [-0.4, -0.2) is 30.8 Å². The SMILES string of the molecule is CCC(=O)[C@@]1(c2ccccc2)CCN(C)C[C@H]1C. The molecular formula is C16H23NO. The van der Waals surface area contributed by atoms with Crippen LogP contribution in [0.1, 0.15) is 32.3 Å². The Morgan fingerprint density at radius 2 is 2.06 bits per heavy atom. The molecule has 0 unspecified atom stereocenters. The molecule has 1 aromatic rings. The summed E-state index contributed by atoms with van der Waals surface area (Å²) >= 11 is 0. The van der Waals surface area contributed by atoms with Gasteiger partial charge in [-0.05, 0) is 31.5 Å². The number of carbonyl (C=O) groups is 1. The van der Waals surface area contributed by atoms with E-state index >= 15 is 0 Å². The third-order valence-corrected chi connectivity index (χ3v) is 4.42. The van der Waals surface area contributed by atoms with Crippen molar-refractivity contribution in [3.8, 4) is 0 Å². The molecule has 0 saturated carbocycles. The zero-order valence-electron chi connectivity index (χ0n) is 11.6. The molecule has 1 saturated heterocycles. The molecule has 18 heavy (non-hydrogen) atoms. The van der Waals surface area contributed by atoms with Crippen LogP contribution in [0.15, 0.2) is 30.3 Å². The van der Waals surface area contributed by atoms with Crippen molar-refractivity contribution >= 4 is 5.78 Å². The minimum atomic E-state index is -0.261. The predicted molar refractivity (Wildman–Crippen MR) is 74.7 cm³/mol. The van der Waals surface area contributed by atoms with Crippen molar-refractivity contribution in [1.82, 2.24) is 4.90 Å². The van der Waals surface area contributed by atoms with E-state index in [9.17, 15) is 4.79 Å². The first-order valence-electron chi connectivity index (χ1n) is 6.88. The van der Waals surface area contributed by atoms with E-state index in [0.29, 0.717) is 18.1 Å². The van der Waals surface area contributed by atoms with Crippen molar-refractivity contribution < 1.29 is 4.79 Å². The zero-order chi connectivity index (χ0) is 13.2. The van der Waals surface area contributed by atoms with E-state index < -0.39 is 0 Å². The molecule has 1 fully saturated rings. The summed E-state index contributed by atoms with van der Waals surface area (Å²) < 4.78 is 0. The zero-order valence-corrected chi connectivity index (χ0v) is 11.6. The molecule has 0 radical (unpaired) electrons. The van der Waals surface area contributed by atoms with E-state index in [4.69, 9.17) is 0 Å². The third kappa shape index (κ3) is 2.10. The summed E-state index contributed by atoms with van der Waals surface area (Å²) in [5, 5.41) is 0. The van der Waals surface area contributed by atoms with Gasteiger partial charge in [0, 0.05) is 13.0 Å². The molecule has 1 heterocycles. The molecule has 0 spiro atoms. The summed E-state index contributed by atoms with van der Waals surface area (Å²) in [4.78, 5) is 14.9. The molecule has 1 aliphatic heterocycles. The minimum Gasteiger partial charge on any atom is -0.306 e. The van der Waals surface area contributed by atoms with Gasteiger partial charge in [0.1, 0.15) is 5.78 Å². The van der Waals surface area contributed by atoms with Gasteiger partial charge in [0.05, 0.1) is 5.41 Å². The first kappa shape index (κ1) is 13.3. The van der Waals surface area contributed by atoms with E-state index in [-0.39, 0.29) is 5.41 Å². The van der Waals surface area contributed by atoms with Gasteiger partial charge in [0.2, 0.25) is 0 Å². The van der Waals surface area contributed by atoms with Gasteiger partial charge in [-0.3, -0.25) is 4.79 Å². The second-order valence-corrected chi connectivity index (χ2v) is 5.53. The van der Waals surface area contributed by atoms with Crippen LogP contribution in [0.2, 0.25) is 0 Å². The minimum absolute atomic E-state index is 0.261. The number of benzene rings is 1. The van der Waals surface area contributed by atoms with Crippen LogP contribution in [-0.2, 0) is 10.2 Å². The summed E-state index contributed by atoms with van der Waals surface area (Å²) in [5.41, 5.74) is 0.945. The van der Waals surface area contributed by atoms with E-state index in [1.165, 1.54) is 5.56 Å². The lowest BCUT2D eigenvalue weighted by Gasteiger charge is -2.45. The summed E-state index contributed by atoms with van der Waals surface area (Å²) in [6.45, 7) is 6.21. The Balaban J connectivity index is 2.45. The van der Waals surface area contributed by atoms with Crippen molar-refractivity contribution in [2.24, 2.45) is 5.92 Å². The highest BCUT2D eigenvalue weighted by atomic mass is 16.1. The normalized spacial score (nSPS) is 29.2. The maximum atomic E-state index is 12.6. The largest absolute Gasteiger partial charge is 0.306 e. The second-order valence-electron chi connectivity index (χ2n) is 5.53. The number of carbonyl (C=O) groups excluding carboxylic acids is 1. The Morgan fingerprint density at radius 3 is 2.61 bits per heavy atom. The summed E-state index contributed by atoms with van der Waals surface area (Å²) in [6, 6.07) is 10.4. The average molecular weight is 245 g/mol. The molecule has 0 aromatic heterocycles. The number of likely N-dealkylation sites (tertiary alicyclic amines) is 1. The molecule has 98 valence electrons. The molecule has 0 aliphatic carbocycles. The highest BCUT2D eigenvalue weighted by molar-refractivity contribution is 5.90. The van der Waals surface area contributed by atoms with Gasteiger partial charge in [0.25, 0.3) is 0 Å². The number of Topliss-reactive ketones (excluding diaryl/α,β-unsaturated/α-hetero) is 1. The Morgan fingerprint density at radius 1 is 1.39 bits per heavy atom. The number of hydrogen-bond donors (Lipinski definition) is 0. The van der Waals surface area contributed by atoms with Crippen molar-refractivity contribution in [1.29, 1.82) is 0 Å². The van der Waals surface area contributed by atoms with Gasteiger partial charge < -0.3 is 4.90 Å². The maximum absolute atomic E-state index is 12.6. The first-order valence-corrected chi connectivity index (χ1v) is 6.88. The fraction of sp³-hybridized carbons (Fsp3) is 0.562. The van der Waals surface area contributed by atoms with Crippen LogP contribution in [0.3, 0.4) is 0 Å². The van der Waals surface area contributed by atoms with Crippen LogP contribution >= 0.6 is 0 Å². The van der Waals surface area contributed by atoms with Crippen molar-refractivity contribution in [2.45, 2.75) is 32.1 Å². The fourth-order valence-corrected chi connectivity index (χ4v) is 3.38. The molecule has 0 N–H and O–H groups in total. The number of rotatable bonds is 3. The standard InChI is InChI=1S/C16H23NO/c1-4-15(18)16(14-8-6-5-7-9-14)10-11-17(3)12-13(16)2/h5-9,13H,4,10-12H2,1-3H3/t13-,16+/m1/s1. The highest BCUT2D eigenvalue weighted by Crippen LogP contribution is 2.41. The van der Waals surface area contributed by atoms with Crippen LogP contribution in [0, 0.1) is 5.92 Å². The van der Waals surface area contributed by atoms with Gasteiger partial charge in [-0.25, -0.2) is 0 Å². The predicted octanol–water partition coefficient (Wildman–Crippen LogP) is 2.88. The van der Waals surface area contributed by atoms with Crippen molar-refractivity contribution in [2.75, 3.05) is 20.1 Å². The molecule has 2 rings (SSSR count). The maximum Gasteiger partial charge on any atom is 0.143 e. The summed E-state index contributed by atoms with van der Waals surface area (Å²) in [7, 11) is 2.14. The summed E-state index contributed by atoms with van der Waals surface area (Å²) in [5.74, 6) is 0.778. The van der Waals surface area contributed by atoms with Gasteiger partial charge in [-0.1, -0.05) is 44.2 Å². The van der Waals surface area contributed by atoms with Gasteiger partial charge in [-0.2, -0.15) is 0 Å². The lowest BCUT2D eigenvalue weighted by Crippen LogP contribution is -2.52. The van der Waals surface area contributed by atoms with Crippen LogP contribution < -0.4 is 0 Å². The topological polar surface area (TPSA) is 20.3 Å². The summed E-state index contributed by atoms with van der Waals surface area (Å²) in [6.07, 6.45) is 1.57. The molecule has 2 heteroatoms. The molecule has 0 bridgehead atoms. The van der Waals surface area contributed by atoms with E-state index in [0.717, 1.165) is 19.5 Å². The van der Waals surface area contributed by atoms with E-state index in [2.05, 4.69) is 31.0 Å². The molecule has 1 aromatic carbocycles. The van der Waals surface area contributed by atoms with Gasteiger partial charge in [0.15, 0.2) is 0 Å². The molecular weight excluding hydrogens is 222 g/mol. The van der Waals surface area contributed by atoms with Gasteiger partial charge in [-0.15, -0.1) is 0 Å². The van der Waals surface area contributed by atoms with Gasteiger partial charge >= 0.3 is 0 Å². The molecule has 0 amide bonds. The Kier molecular flexibility index (Phi) is 3.86. The molecule has 2 atom stereocenters. The quantitative estimate of drug-likeness (QED) is 0.816. The number of piperidine rings is 1. The monoisotopic (exact) mass is 245 g/mol. The second kappa shape index (κ2) is 5.23. The fourth-order valence-electron chi connectivity index (χ4n) is 3.38. The lowest BCUT2D eigenvalue weighted by atomic mass is 9.63. The van der Waals surface area contributed by atoms with E-state index in [1.54, 1.807) is 0 Å². The third-order valence-electron chi connectivity index (χ3n) is 4.42. The van der Waals surface area contributed by atoms with Crippen molar-refractivity contribution in [3.05, 3.63) is 35.9 Å². The van der Waals surface area contributed by atoms with Crippen molar-refractivity contribution in [3.63, 3.8) is 0 Å². The van der Waals surface area contributed by atoms with Crippen LogP contribution in [0.4, 0.5) is 0 Å². The smallest absolute Gasteiger partial charge is 0.143 e. The Hall–Kier alpha value is -1.15. The lowest BCUT2D eigenvalue weighted by molar-refractivity contribution is -0.128. The molecule has 1 aliphatic rings. The number of ketones is 1. The Labute approximate surface area is 110 Å².